The van der Waals surface area contributed by atoms with Crippen molar-refractivity contribution in [3.05, 3.63) is 38.1 Å². The third kappa shape index (κ3) is 1.28. The van der Waals surface area contributed by atoms with Crippen molar-refractivity contribution in [3.63, 3.8) is 0 Å². The molecule has 13 heavy (non-hydrogen) atoms. The van der Waals surface area contributed by atoms with Gasteiger partial charge < -0.3 is 4.98 Å². The third-order valence-corrected chi connectivity index (χ3v) is 2.73. The monoisotopic (exact) mass is 288 g/mol. The van der Waals surface area contributed by atoms with Crippen molar-refractivity contribution >= 4 is 39.2 Å². The molecule has 0 fully saturated rings. The molecule has 0 amide bonds. The van der Waals surface area contributed by atoms with Gasteiger partial charge in [0.05, 0.1) is 4.92 Å². The number of nitrogens with one attached hydrogen (secondary N) is 1. The highest BCUT2D eigenvalue weighted by Crippen LogP contribution is 2.27. The summed E-state index contributed by atoms with van der Waals surface area (Å²) in [5.41, 5.74) is 0.720. The van der Waals surface area contributed by atoms with Crippen LogP contribution in [0.3, 0.4) is 0 Å². The van der Waals surface area contributed by atoms with Crippen LogP contribution in [0.2, 0.25) is 0 Å². The molecule has 5 heteroatoms. The zero-order valence-electron chi connectivity index (χ0n) is 6.45. The number of benzene rings is 1. The summed E-state index contributed by atoms with van der Waals surface area (Å²) >= 11 is 2.14. The lowest BCUT2D eigenvalue weighted by atomic mass is 10.2. The maximum absolute atomic E-state index is 10.6. The van der Waals surface area contributed by atoms with E-state index in [9.17, 15) is 10.1 Å². The van der Waals surface area contributed by atoms with E-state index in [1.807, 2.05) is 6.07 Å². The zero-order chi connectivity index (χ0) is 9.42. The van der Waals surface area contributed by atoms with Crippen LogP contribution in [0.5, 0.6) is 0 Å². The van der Waals surface area contributed by atoms with Crippen molar-refractivity contribution in [2.24, 2.45) is 0 Å². The molecule has 0 saturated heterocycles. The van der Waals surface area contributed by atoms with E-state index in [2.05, 4.69) is 27.6 Å². The number of hydrogen-bond acceptors (Lipinski definition) is 2. The van der Waals surface area contributed by atoms with Gasteiger partial charge in [-0.2, -0.15) is 0 Å². The normalized spacial score (nSPS) is 10.5. The van der Waals surface area contributed by atoms with E-state index >= 15 is 0 Å². The molecular formula is C8H5IN2O2. The van der Waals surface area contributed by atoms with Gasteiger partial charge in [-0.05, 0) is 22.6 Å². The van der Waals surface area contributed by atoms with Crippen LogP contribution in [0.15, 0.2) is 24.4 Å². The summed E-state index contributed by atoms with van der Waals surface area (Å²) in [6.07, 6.45) is 1.76. The summed E-state index contributed by atoms with van der Waals surface area (Å²) < 4.78 is 0.997. The maximum atomic E-state index is 10.6. The number of aromatic amines is 1. The summed E-state index contributed by atoms with van der Waals surface area (Å²) in [6.45, 7) is 0. The fraction of sp³-hybridized carbons (Fsp3) is 0. The summed E-state index contributed by atoms with van der Waals surface area (Å²) in [7, 11) is 0. The Labute approximate surface area is 87.2 Å². The van der Waals surface area contributed by atoms with Crippen molar-refractivity contribution in [2.75, 3.05) is 0 Å². The molecule has 0 unspecified atom stereocenters. The Kier molecular flexibility index (Phi) is 1.95. The van der Waals surface area contributed by atoms with Crippen LogP contribution in [0.4, 0.5) is 5.69 Å². The molecule has 0 aliphatic heterocycles. The number of H-pyrrole nitrogens is 1. The Balaban J connectivity index is 2.84. The minimum Gasteiger partial charge on any atom is -0.355 e. The van der Waals surface area contributed by atoms with E-state index in [4.69, 9.17) is 0 Å². The molecule has 0 spiro atoms. The van der Waals surface area contributed by atoms with Crippen molar-refractivity contribution in [2.45, 2.75) is 0 Å². The second-order valence-corrected chi connectivity index (χ2v) is 3.76. The van der Waals surface area contributed by atoms with Gasteiger partial charge in [0.25, 0.3) is 5.69 Å². The Morgan fingerprint density at radius 2 is 2.23 bits per heavy atom. The highest BCUT2D eigenvalue weighted by molar-refractivity contribution is 14.1. The van der Waals surface area contributed by atoms with Crippen LogP contribution in [-0.4, -0.2) is 9.91 Å². The van der Waals surface area contributed by atoms with Gasteiger partial charge in [-0.25, -0.2) is 0 Å². The summed E-state index contributed by atoms with van der Waals surface area (Å²) in [4.78, 5) is 13.1. The molecule has 0 bridgehead atoms. The topological polar surface area (TPSA) is 58.9 Å². The number of fused-ring (bicyclic) bond motifs is 1. The summed E-state index contributed by atoms with van der Waals surface area (Å²) in [5.74, 6) is 0. The molecule has 0 aliphatic carbocycles. The number of non-ortho nitro benzene ring substituents is 1. The predicted molar refractivity (Wildman–Crippen MR) is 57.7 cm³/mol. The van der Waals surface area contributed by atoms with Crippen molar-refractivity contribution in [1.29, 1.82) is 0 Å². The molecular weight excluding hydrogens is 283 g/mol. The first kappa shape index (κ1) is 8.49. The molecule has 0 aliphatic rings. The predicted octanol–water partition coefficient (Wildman–Crippen LogP) is 2.68. The Hall–Kier alpha value is -1.11. The number of nitro groups is 1. The van der Waals surface area contributed by atoms with Gasteiger partial charge in [0.2, 0.25) is 0 Å². The molecule has 1 aromatic heterocycles. The highest BCUT2D eigenvalue weighted by atomic mass is 127. The van der Waals surface area contributed by atoms with Gasteiger partial charge in [-0.15, -0.1) is 0 Å². The van der Waals surface area contributed by atoms with Gasteiger partial charge >= 0.3 is 0 Å². The van der Waals surface area contributed by atoms with Crippen molar-refractivity contribution < 1.29 is 4.92 Å². The molecule has 1 aromatic carbocycles. The smallest absolute Gasteiger partial charge is 0.293 e. The quantitative estimate of drug-likeness (QED) is 0.498. The van der Waals surface area contributed by atoms with E-state index in [1.54, 1.807) is 12.3 Å². The zero-order valence-corrected chi connectivity index (χ0v) is 8.61. The first-order valence-electron chi connectivity index (χ1n) is 3.60. The summed E-state index contributed by atoms with van der Waals surface area (Å²) in [6, 6.07) is 5.05. The van der Waals surface area contributed by atoms with Crippen LogP contribution in [0.25, 0.3) is 10.9 Å². The lowest BCUT2D eigenvalue weighted by Crippen LogP contribution is -1.88. The number of rotatable bonds is 1. The van der Waals surface area contributed by atoms with Crippen LogP contribution >= 0.6 is 22.6 Å². The molecule has 66 valence electrons. The molecule has 0 atom stereocenters. The number of halogens is 1. The first-order valence-corrected chi connectivity index (χ1v) is 4.68. The van der Waals surface area contributed by atoms with Gasteiger partial charge in [0.1, 0.15) is 5.52 Å². The van der Waals surface area contributed by atoms with E-state index in [1.165, 1.54) is 6.07 Å². The number of nitro benzene ring substituents is 1. The standard InChI is InChI=1S/C8H5IN2O2/c9-6-4-10-8-5(6)2-1-3-7(8)11(12)13/h1-4,10H. The average molecular weight is 288 g/mol. The highest BCUT2D eigenvalue weighted by Gasteiger charge is 2.13. The Morgan fingerprint density at radius 3 is 2.92 bits per heavy atom. The van der Waals surface area contributed by atoms with Gasteiger partial charge in [-0.3, -0.25) is 10.1 Å². The second kappa shape index (κ2) is 2.99. The third-order valence-electron chi connectivity index (χ3n) is 1.84. The molecule has 2 rings (SSSR count). The lowest BCUT2D eigenvalue weighted by Gasteiger charge is -1.92. The van der Waals surface area contributed by atoms with Gasteiger partial charge in [0, 0.05) is 21.2 Å². The van der Waals surface area contributed by atoms with E-state index in [0.717, 1.165) is 8.96 Å². The van der Waals surface area contributed by atoms with E-state index in [0.29, 0.717) is 5.52 Å². The molecule has 2 aromatic rings. The minimum absolute atomic E-state index is 0.125. The Bertz CT molecular complexity index is 478. The molecule has 1 heterocycles. The number of aromatic nitrogens is 1. The molecule has 4 nitrogen and oxygen atoms in total. The number of nitrogens with zero attached hydrogens (tertiary/aromatic N) is 1. The minimum atomic E-state index is -0.380. The van der Waals surface area contributed by atoms with Gasteiger partial charge in [-0.1, -0.05) is 12.1 Å². The molecule has 0 radical (unpaired) electrons. The van der Waals surface area contributed by atoms with Crippen LogP contribution in [-0.2, 0) is 0 Å². The maximum Gasteiger partial charge on any atom is 0.293 e. The lowest BCUT2D eigenvalue weighted by molar-refractivity contribution is -0.383. The first-order chi connectivity index (χ1) is 6.20. The molecule has 1 N–H and O–H groups in total. The number of para-hydroxylation sites is 1. The van der Waals surface area contributed by atoms with Crippen LogP contribution in [0, 0.1) is 13.7 Å². The fourth-order valence-electron chi connectivity index (χ4n) is 1.26. The summed E-state index contributed by atoms with van der Waals surface area (Å²) in [5, 5.41) is 11.5. The van der Waals surface area contributed by atoms with Crippen molar-refractivity contribution in [1.82, 2.24) is 4.98 Å². The molecule has 0 saturated carbocycles. The van der Waals surface area contributed by atoms with E-state index < -0.39 is 0 Å². The van der Waals surface area contributed by atoms with Gasteiger partial charge in [0.15, 0.2) is 0 Å². The van der Waals surface area contributed by atoms with Crippen molar-refractivity contribution in [3.8, 4) is 0 Å². The largest absolute Gasteiger partial charge is 0.355 e. The number of hydrogen-bond donors (Lipinski definition) is 1. The second-order valence-electron chi connectivity index (χ2n) is 2.59. The average Bonchev–Trinajstić information content (AvgIpc) is 2.48. The van der Waals surface area contributed by atoms with Crippen LogP contribution in [0.1, 0.15) is 0 Å². The fourth-order valence-corrected chi connectivity index (χ4v) is 1.86. The SMILES string of the molecule is O=[N+]([O-])c1cccc2c(I)c[nH]c12. The van der Waals surface area contributed by atoms with Crippen LogP contribution < -0.4 is 0 Å². The van der Waals surface area contributed by atoms with E-state index in [-0.39, 0.29) is 10.6 Å². The Morgan fingerprint density at radius 1 is 1.46 bits per heavy atom.